The van der Waals surface area contributed by atoms with Crippen molar-refractivity contribution in [3.8, 4) is 11.5 Å². The van der Waals surface area contributed by atoms with E-state index in [4.69, 9.17) is 9.29 Å². The molecule has 0 bridgehead atoms. The molecule has 0 heterocycles. The van der Waals surface area contributed by atoms with Gasteiger partial charge >= 0.3 is 20.6 Å². The highest BCUT2D eigenvalue weighted by Gasteiger charge is 2.66. The zero-order valence-corrected chi connectivity index (χ0v) is 15.2. The van der Waals surface area contributed by atoms with Gasteiger partial charge in [-0.1, -0.05) is 12.1 Å². The Morgan fingerprint density at radius 1 is 1.00 bits per heavy atom. The molecule has 0 aromatic heterocycles. The molecule has 2 rings (SSSR count). The maximum Gasteiger partial charge on any atom is 0.442 e. The highest BCUT2D eigenvalue weighted by atomic mass is 32.2. The van der Waals surface area contributed by atoms with Crippen molar-refractivity contribution in [3.05, 3.63) is 53.6 Å². The Balaban J connectivity index is 2.25. The molecule has 2 aromatic carbocycles. The minimum absolute atomic E-state index is 0.172. The number of rotatable bonds is 6. The molecule has 0 amide bonds. The smallest absolute Gasteiger partial charge is 0.442 e. The topological polar surface area (TPSA) is 63.6 Å². The van der Waals surface area contributed by atoms with E-state index in [1.807, 2.05) is 13.0 Å². The quantitative estimate of drug-likeness (QED) is 0.400. The third-order valence-corrected chi connectivity index (χ3v) is 5.50. The fourth-order valence-corrected chi connectivity index (χ4v) is 3.45. The second-order valence-corrected chi connectivity index (χ2v) is 8.08. The van der Waals surface area contributed by atoms with Gasteiger partial charge < -0.3 is 4.74 Å². The van der Waals surface area contributed by atoms with E-state index in [9.17, 15) is 26.0 Å². The van der Waals surface area contributed by atoms with Crippen molar-refractivity contribution >= 4 is 21.9 Å². The maximum atomic E-state index is 13.7. The summed E-state index contributed by atoms with van der Waals surface area (Å²) < 4.78 is 89.0. The van der Waals surface area contributed by atoms with E-state index in [1.54, 1.807) is 18.2 Å². The SMILES string of the molecule is Cc1cccc(Oc2ccc(SC(F)(F)C(F)(F)S(=O)(=O)O)c(C)c2)c1. The first-order chi connectivity index (χ1) is 11.8. The molecule has 0 atom stereocenters. The van der Waals surface area contributed by atoms with Crippen molar-refractivity contribution in [2.75, 3.05) is 0 Å². The van der Waals surface area contributed by atoms with Gasteiger partial charge in [0.05, 0.1) is 0 Å². The van der Waals surface area contributed by atoms with Crippen LogP contribution in [-0.4, -0.2) is 23.5 Å². The van der Waals surface area contributed by atoms with Crippen molar-refractivity contribution in [2.24, 2.45) is 0 Å². The van der Waals surface area contributed by atoms with Gasteiger partial charge in [-0.15, -0.1) is 0 Å². The maximum absolute atomic E-state index is 13.7. The highest BCUT2D eigenvalue weighted by molar-refractivity contribution is 8.01. The lowest BCUT2D eigenvalue weighted by Crippen LogP contribution is -2.44. The zero-order chi connectivity index (χ0) is 19.8. The lowest BCUT2D eigenvalue weighted by atomic mass is 10.2. The average molecular weight is 410 g/mol. The van der Waals surface area contributed by atoms with Crippen LogP contribution in [0.1, 0.15) is 11.1 Å². The summed E-state index contributed by atoms with van der Waals surface area (Å²) in [5, 5.41) is -10.7. The van der Waals surface area contributed by atoms with Crippen LogP contribution in [0.15, 0.2) is 47.4 Å². The molecule has 2 aromatic rings. The van der Waals surface area contributed by atoms with Gasteiger partial charge in [0.1, 0.15) is 11.5 Å². The fourth-order valence-electron chi connectivity index (χ4n) is 1.96. The summed E-state index contributed by atoms with van der Waals surface area (Å²) in [7, 11) is -6.27. The summed E-state index contributed by atoms with van der Waals surface area (Å²) in [4.78, 5) is -0.282. The molecule has 0 aliphatic rings. The lowest BCUT2D eigenvalue weighted by molar-refractivity contribution is -0.0946. The summed E-state index contributed by atoms with van der Waals surface area (Å²) >= 11 is -0.654. The third kappa shape index (κ3) is 4.30. The Bertz CT molecular complexity index is 914. The first-order valence-electron chi connectivity index (χ1n) is 7.10. The van der Waals surface area contributed by atoms with E-state index in [2.05, 4.69) is 0 Å². The van der Waals surface area contributed by atoms with Gasteiger partial charge in [0.2, 0.25) is 0 Å². The molecule has 0 radical (unpaired) electrons. The van der Waals surface area contributed by atoms with Crippen molar-refractivity contribution in [2.45, 2.75) is 29.3 Å². The van der Waals surface area contributed by atoms with Crippen LogP contribution >= 0.6 is 11.8 Å². The van der Waals surface area contributed by atoms with E-state index in [1.165, 1.54) is 19.1 Å². The molecule has 0 unspecified atom stereocenters. The largest absolute Gasteiger partial charge is 0.457 e. The number of hydrogen-bond acceptors (Lipinski definition) is 4. The summed E-state index contributed by atoms with van der Waals surface area (Å²) in [6.45, 7) is 3.24. The number of benzene rings is 2. The zero-order valence-electron chi connectivity index (χ0n) is 13.5. The standard InChI is InChI=1S/C16H14F4O4S2/c1-10-4-3-5-12(8-10)24-13-6-7-14(11(2)9-13)25-15(17,18)16(19,20)26(21,22)23/h3-9H,1-2H3,(H,21,22,23). The van der Waals surface area contributed by atoms with Crippen molar-refractivity contribution in [1.82, 2.24) is 0 Å². The molecule has 4 nitrogen and oxygen atoms in total. The molecule has 0 spiro atoms. The van der Waals surface area contributed by atoms with Crippen molar-refractivity contribution in [3.63, 3.8) is 0 Å². The molecule has 0 aliphatic carbocycles. The highest BCUT2D eigenvalue weighted by Crippen LogP contribution is 2.50. The molecular formula is C16H14F4O4S2. The van der Waals surface area contributed by atoms with Gasteiger partial charge in [-0.25, -0.2) is 0 Å². The van der Waals surface area contributed by atoms with Crippen LogP contribution < -0.4 is 4.74 Å². The summed E-state index contributed by atoms with van der Waals surface area (Å²) in [6, 6.07) is 10.8. The molecule has 0 saturated heterocycles. The predicted molar refractivity (Wildman–Crippen MR) is 89.7 cm³/mol. The second kappa shape index (κ2) is 7.09. The molecular weight excluding hydrogens is 396 g/mol. The number of halogens is 4. The van der Waals surface area contributed by atoms with Crippen molar-refractivity contribution < 1.29 is 35.3 Å². The summed E-state index contributed by atoms with van der Waals surface area (Å²) in [5.74, 6) is 0.801. The van der Waals surface area contributed by atoms with Crippen LogP contribution in [0.2, 0.25) is 0 Å². The average Bonchev–Trinajstić information content (AvgIpc) is 2.48. The Morgan fingerprint density at radius 3 is 2.15 bits per heavy atom. The number of hydrogen-bond donors (Lipinski definition) is 1. The van der Waals surface area contributed by atoms with E-state index < -0.39 is 32.4 Å². The van der Waals surface area contributed by atoms with Crippen LogP contribution in [-0.2, 0) is 10.1 Å². The van der Waals surface area contributed by atoms with Gasteiger partial charge in [0, 0.05) is 4.90 Å². The van der Waals surface area contributed by atoms with Gasteiger partial charge in [-0.3, -0.25) is 4.55 Å². The van der Waals surface area contributed by atoms with E-state index in [0.29, 0.717) is 11.5 Å². The molecule has 0 aliphatic heterocycles. The van der Waals surface area contributed by atoms with Gasteiger partial charge in [0.15, 0.2) is 0 Å². The monoisotopic (exact) mass is 410 g/mol. The Kier molecular flexibility index (Phi) is 5.60. The van der Waals surface area contributed by atoms with Crippen LogP contribution in [0.3, 0.4) is 0 Å². The lowest BCUT2D eigenvalue weighted by Gasteiger charge is -2.23. The summed E-state index contributed by atoms with van der Waals surface area (Å²) in [6.07, 6.45) is 0. The van der Waals surface area contributed by atoms with Crippen LogP contribution in [0.4, 0.5) is 17.6 Å². The molecule has 26 heavy (non-hydrogen) atoms. The number of alkyl halides is 4. The number of thioether (sulfide) groups is 1. The fraction of sp³-hybridized carbons (Fsp3) is 0.250. The van der Waals surface area contributed by atoms with Crippen LogP contribution in [0.25, 0.3) is 0 Å². The van der Waals surface area contributed by atoms with Gasteiger partial charge in [-0.2, -0.15) is 26.0 Å². The minimum atomic E-state index is -6.27. The molecule has 0 fully saturated rings. The minimum Gasteiger partial charge on any atom is -0.457 e. The molecule has 10 heteroatoms. The Morgan fingerprint density at radius 2 is 1.62 bits per heavy atom. The Labute approximate surface area is 151 Å². The van der Waals surface area contributed by atoms with Crippen molar-refractivity contribution in [1.29, 1.82) is 0 Å². The van der Waals surface area contributed by atoms with Crippen LogP contribution in [0, 0.1) is 13.8 Å². The Hall–Kier alpha value is -1.78. The number of ether oxygens (including phenoxy) is 1. The van der Waals surface area contributed by atoms with E-state index in [-0.39, 0.29) is 10.5 Å². The van der Waals surface area contributed by atoms with Gasteiger partial charge in [0.25, 0.3) is 0 Å². The first-order valence-corrected chi connectivity index (χ1v) is 9.36. The van der Waals surface area contributed by atoms with E-state index >= 15 is 0 Å². The third-order valence-electron chi connectivity index (χ3n) is 3.27. The summed E-state index contributed by atoms with van der Waals surface area (Å²) in [5.41, 5.74) is 1.12. The predicted octanol–water partition coefficient (Wildman–Crippen LogP) is 5.26. The first kappa shape index (κ1) is 20.5. The van der Waals surface area contributed by atoms with Gasteiger partial charge in [-0.05, 0) is 67.1 Å². The molecule has 0 saturated carbocycles. The molecule has 1 N–H and O–H groups in total. The number of aryl methyl sites for hydroxylation is 2. The van der Waals surface area contributed by atoms with Crippen LogP contribution in [0.5, 0.6) is 11.5 Å². The molecule has 142 valence electrons. The van der Waals surface area contributed by atoms with E-state index in [0.717, 1.165) is 11.6 Å². The normalized spacial score (nSPS) is 12.9. The second-order valence-electron chi connectivity index (χ2n) is 5.46.